The number of hydrogen-bond acceptors (Lipinski definition) is 2. The van der Waals surface area contributed by atoms with Crippen LogP contribution in [-0.2, 0) is 4.79 Å². The number of rotatable bonds is 3. The summed E-state index contributed by atoms with van der Waals surface area (Å²) in [5.74, 6) is -0.686. The maximum Gasteiger partial charge on any atom is 0.230 e. The highest BCUT2D eigenvalue weighted by molar-refractivity contribution is 5.95. The van der Waals surface area contributed by atoms with E-state index in [4.69, 9.17) is 5.73 Å². The third-order valence-corrected chi connectivity index (χ3v) is 2.74. The van der Waals surface area contributed by atoms with Gasteiger partial charge >= 0.3 is 0 Å². The number of nitrogens with one attached hydrogen (secondary N) is 1. The zero-order valence-electron chi connectivity index (χ0n) is 9.80. The predicted octanol–water partition coefficient (Wildman–Crippen LogP) is 2.78. The van der Waals surface area contributed by atoms with Gasteiger partial charge < -0.3 is 11.1 Å². The minimum atomic E-state index is -0.517. The number of carbonyl (C=O) groups is 1. The standard InChI is InChI=1S/C12H17FN2O/c1-4-12(2,3)11(16)15-10-7-8(14)5-6-9(10)13/h5-7H,4,14H2,1-3H3,(H,15,16). The van der Waals surface area contributed by atoms with Crippen LogP contribution in [0.15, 0.2) is 18.2 Å². The quantitative estimate of drug-likeness (QED) is 0.776. The molecule has 0 radical (unpaired) electrons. The van der Waals surface area contributed by atoms with Crippen LogP contribution in [0.4, 0.5) is 15.8 Å². The van der Waals surface area contributed by atoms with E-state index in [2.05, 4.69) is 5.32 Å². The van der Waals surface area contributed by atoms with Gasteiger partial charge in [-0.3, -0.25) is 4.79 Å². The highest BCUT2D eigenvalue weighted by Crippen LogP contribution is 2.24. The molecule has 1 aromatic carbocycles. The fourth-order valence-corrected chi connectivity index (χ4v) is 1.09. The number of amides is 1. The highest BCUT2D eigenvalue weighted by Gasteiger charge is 2.25. The number of carbonyl (C=O) groups excluding carboxylic acids is 1. The Morgan fingerprint density at radius 2 is 2.12 bits per heavy atom. The molecule has 3 N–H and O–H groups in total. The number of nitrogens with two attached hydrogens (primary N) is 1. The second-order valence-electron chi connectivity index (χ2n) is 4.43. The SMILES string of the molecule is CCC(C)(C)C(=O)Nc1cc(N)ccc1F. The summed E-state index contributed by atoms with van der Waals surface area (Å²) in [6.45, 7) is 5.54. The zero-order valence-corrected chi connectivity index (χ0v) is 9.80. The Balaban J connectivity index is 2.89. The van der Waals surface area contributed by atoms with E-state index in [9.17, 15) is 9.18 Å². The molecular weight excluding hydrogens is 207 g/mol. The lowest BCUT2D eigenvalue weighted by Crippen LogP contribution is -2.30. The Kier molecular flexibility index (Phi) is 3.52. The first-order valence-corrected chi connectivity index (χ1v) is 5.23. The number of anilines is 2. The first kappa shape index (κ1) is 12.5. The van der Waals surface area contributed by atoms with Crippen molar-refractivity contribution in [3.8, 4) is 0 Å². The lowest BCUT2D eigenvalue weighted by atomic mass is 9.89. The van der Waals surface area contributed by atoms with Crippen molar-refractivity contribution in [2.75, 3.05) is 11.1 Å². The Bertz CT molecular complexity index is 402. The molecule has 1 amide bonds. The van der Waals surface area contributed by atoms with Gasteiger partial charge in [-0.15, -0.1) is 0 Å². The van der Waals surface area contributed by atoms with Crippen LogP contribution in [0.25, 0.3) is 0 Å². The van der Waals surface area contributed by atoms with Crippen LogP contribution in [-0.4, -0.2) is 5.91 Å². The predicted molar refractivity (Wildman–Crippen MR) is 63.5 cm³/mol. The van der Waals surface area contributed by atoms with Crippen molar-refractivity contribution in [1.82, 2.24) is 0 Å². The molecule has 1 rings (SSSR count). The molecule has 0 atom stereocenters. The Morgan fingerprint density at radius 1 is 1.50 bits per heavy atom. The van der Waals surface area contributed by atoms with Gasteiger partial charge in [-0.1, -0.05) is 20.8 Å². The van der Waals surface area contributed by atoms with Crippen molar-refractivity contribution in [2.45, 2.75) is 27.2 Å². The van der Waals surface area contributed by atoms with E-state index < -0.39 is 11.2 Å². The zero-order chi connectivity index (χ0) is 12.3. The maximum atomic E-state index is 13.4. The monoisotopic (exact) mass is 224 g/mol. The van der Waals surface area contributed by atoms with Gasteiger partial charge in [-0.2, -0.15) is 0 Å². The highest BCUT2D eigenvalue weighted by atomic mass is 19.1. The van der Waals surface area contributed by atoms with Crippen molar-refractivity contribution in [2.24, 2.45) is 5.41 Å². The van der Waals surface area contributed by atoms with Crippen LogP contribution < -0.4 is 11.1 Å². The van der Waals surface area contributed by atoms with Crippen molar-refractivity contribution in [3.63, 3.8) is 0 Å². The molecule has 0 fully saturated rings. The normalized spacial score (nSPS) is 11.2. The van der Waals surface area contributed by atoms with Gasteiger partial charge in [0.15, 0.2) is 0 Å². The van der Waals surface area contributed by atoms with Crippen LogP contribution in [0.5, 0.6) is 0 Å². The molecule has 0 bridgehead atoms. The van der Waals surface area contributed by atoms with Gasteiger partial charge in [0, 0.05) is 11.1 Å². The number of nitrogen functional groups attached to an aromatic ring is 1. The minimum absolute atomic E-state index is 0.131. The second kappa shape index (κ2) is 4.51. The lowest BCUT2D eigenvalue weighted by molar-refractivity contribution is -0.124. The third-order valence-electron chi connectivity index (χ3n) is 2.74. The van der Waals surface area contributed by atoms with Crippen LogP contribution >= 0.6 is 0 Å². The molecule has 0 spiro atoms. The number of hydrogen-bond donors (Lipinski definition) is 2. The summed E-state index contributed by atoms with van der Waals surface area (Å²) in [6.07, 6.45) is 0.683. The van der Waals surface area contributed by atoms with Crippen molar-refractivity contribution >= 4 is 17.3 Å². The summed E-state index contributed by atoms with van der Waals surface area (Å²) in [6, 6.07) is 4.11. The number of benzene rings is 1. The average Bonchev–Trinajstić information content (AvgIpc) is 2.23. The van der Waals surface area contributed by atoms with Crippen molar-refractivity contribution < 1.29 is 9.18 Å². The number of halogens is 1. The Labute approximate surface area is 94.8 Å². The summed E-state index contributed by atoms with van der Waals surface area (Å²) < 4.78 is 13.4. The van der Waals surface area contributed by atoms with Crippen molar-refractivity contribution in [3.05, 3.63) is 24.0 Å². The van der Waals surface area contributed by atoms with Crippen molar-refractivity contribution in [1.29, 1.82) is 0 Å². The average molecular weight is 224 g/mol. The Hall–Kier alpha value is -1.58. The molecule has 3 nitrogen and oxygen atoms in total. The smallest absolute Gasteiger partial charge is 0.230 e. The molecule has 0 saturated heterocycles. The van der Waals surface area contributed by atoms with E-state index in [0.29, 0.717) is 12.1 Å². The molecular formula is C12H17FN2O. The summed E-state index contributed by atoms with van der Waals surface area (Å²) in [5.41, 5.74) is 5.56. The molecule has 0 unspecified atom stereocenters. The largest absolute Gasteiger partial charge is 0.399 e. The first-order valence-electron chi connectivity index (χ1n) is 5.23. The molecule has 0 aromatic heterocycles. The third kappa shape index (κ3) is 2.72. The lowest BCUT2D eigenvalue weighted by Gasteiger charge is -2.21. The summed E-state index contributed by atoms with van der Waals surface area (Å²) in [4.78, 5) is 11.8. The molecule has 0 saturated carbocycles. The van der Waals surface area contributed by atoms with Gasteiger partial charge in [0.05, 0.1) is 5.69 Å². The molecule has 0 heterocycles. The summed E-state index contributed by atoms with van der Waals surface area (Å²) >= 11 is 0. The molecule has 0 aliphatic heterocycles. The molecule has 1 aromatic rings. The molecule has 0 aliphatic carbocycles. The van der Waals surface area contributed by atoms with E-state index >= 15 is 0 Å². The van der Waals surface area contributed by atoms with Gasteiger partial charge in [-0.25, -0.2) is 4.39 Å². The molecule has 88 valence electrons. The van der Waals surface area contributed by atoms with E-state index in [1.165, 1.54) is 18.2 Å². The van der Waals surface area contributed by atoms with E-state index in [1.54, 1.807) is 0 Å². The molecule has 0 aliphatic rings. The summed E-state index contributed by atoms with van der Waals surface area (Å²) in [7, 11) is 0. The fourth-order valence-electron chi connectivity index (χ4n) is 1.09. The van der Waals surface area contributed by atoms with E-state index in [1.807, 2.05) is 20.8 Å². The fraction of sp³-hybridized carbons (Fsp3) is 0.417. The minimum Gasteiger partial charge on any atom is -0.399 e. The summed E-state index contributed by atoms with van der Waals surface area (Å²) in [5, 5.41) is 2.55. The van der Waals surface area contributed by atoms with Gasteiger partial charge in [0.2, 0.25) is 5.91 Å². The van der Waals surface area contributed by atoms with Crippen LogP contribution in [0.3, 0.4) is 0 Å². The first-order chi connectivity index (χ1) is 7.36. The molecule has 4 heteroatoms. The maximum absolute atomic E-state index is 13.4. The molecule has 16 heavy (non-hydrogen) atoms. The topological polar surface area (TPSA) is 55.1 Å². The van der Waals surface area contributed by atoms with Crippen LogP contribution in [0.2, 0.25) is 0 Å². The van der Waals surface area contributed by atoms with E-state index in [0.717, 1.165) is 0 Å². The van der Waals surface area contributed by atoms with E-state index in [-0.39, 0.29) is 11.6 Å². The second-order valence-corrected chi connectivity index (χ2v) is 4.43. The van der Waals surface area contributed by atoms with Crippen LogP contribution in [0, 0.1) is 11.2 Å². The van der Waals surface area contributed by atoms with Crippen LogP contribution in [0.1, 0.15) is 27.2 Å². The van der Waals surface area contributed by atoms with Gasteiger partial charge in [0.1, 0.15) is 5.82 Å². The van der Waals surface area contributed by atoms with Gasteiger partial charge in [-0.05, 0) is 24.6 Å². The Morgan fingerprint density at radius 3 is 2.69 bits per heavy atom. The van der Waals surface area contributed by atoms with Gasteiger partial charge in [0.25, 0.3) is 0 Å².